The van der Waals surface area contributed by atoms with Gasteiger partial charge in [0, 0.05) is 12.3 Å². The lowest BCUT2D eigenvalue weighted by molar-refractivity contribution is 0.278. The van der Waals surface area contributed by atoms with E-state index < -0.39 is 9.04 Å². The van der Waals surface area contributed by atoms with E-state index in [1.807, 2.05) is 0 Å². The molecule has 0 aromatic rings. The molecule has 0 spiro atoms. The van der Waals surface area contributed by atoms with Gasteiger partial charge in [0.2, 0.25) is 9.04 Å². The van der Waals surface area contributed by atoms with Crippen LogP contribution in [0, 0.1) is 0 Å². The Morgan fingerprint density at radius 3 is 2.85 bits per heavy atom. The minimum atomic E-state index is -0.628. The van der Waals surface area contributed by atoms with Gasteiger partial charge in [0.25, 0.3) is 0 Å². The Bertz CT molecular complexity index is 126. The molecule has 1 fully saturated rings. The molecule has 1 saturated heterocycles. The zero-order chi connectivity index (χ0) is 9.52. The van der Waals surface area contributed by atoms with Gasteiger partial charge in [0.1, 0.15) is 0 Å². The monoisotopic (exact) mass is 200 g/mol. The quantitative estimate of drug-likeness (QED) is 0.545. The summed E-state index contributed by atoms with van der Waals surface area (Å²) in [5.41, 5.74) is 6.50. The molecule has 1 unspecified atom stereocenters. The summed E-state index contributed by atoms with van der Waals surface area (Å²) in [7, 11) is -0.628. The van der Waals surface area contributed by atoms with Crippen molar-refractivity contribution >= 4 is 9.04 Å². The van der Waals surface area contributed by atoms with Crippen molar-refractivity contribution in [3.05, 3.63) is 0 Å². The lowest BCUT2D eigenvalue weighted by atomic mass is 10.2. The fourth-order valence-electron chi connectivity index (χ4n) is 1.74. The summed E-state index contributed by atoms with van der Waals surface area (Å²) < 4.78 is 5.75. The second-order valence-corrected chi connectivity index (χ2v) is 6.34. The second kappa shape index (κ2) is 6.57. The van der Waals surface area contributed by atoms with Crippen molar-refractivity contribution in [2.24, 2.45) is 5.73 Å². The SMILES string of the molecule is CCCCCC(N)[Si]1CCCCO1. The Labute approximate surface area is 83.6 Å². The number of unbranched alkanes of at least 4 members (excludes halogenated alkanes) is 2. The Balaban J connectivity index is 2.09. The van der Waals surface area contributed by atoms with Crippen LogP contribution in [0.25, 0.3) is 0 Å². The van der Waals surface area contributed by atoms with Crippen molar-refractivity contribution in [3.8, 4) is 0 Å². The summed E-state index contributed by atoms with van der Waals surface area (Å²) in [6.07, 6.45) is 7.67. The van der Waals surface area contributed by atoms with Crippen LogP contribution in [0.3, 0.4) is 0 Å². The van der Waals surface area contributed by atoms with E-state index in [4.69, 9.17) is 10.2 Å². The third-order valence-corrected chi connectivity index (χ3v) is 5.17. The second-order valence-electron chi connectivity index (χ2n) is 3.87. The van der Waals surface area contributed by atoms with Crippen LogP contribution in [0.4, 0.5) is 0 Å². The fraction of sp³-hybridized carbons (Fsp3) is 1.00. The molecule has 0 amide bonds. The molecule has 1 aliphatic heterocycles. The number of nitrogens with two attached hydrogens (primary N) is 1. The highest BCUT2D eigenvalue weighted by Crippen LogP contribution is 2.15. The molecule has 1 radical (unpaired) electrons. The number of rotatable bonds is 5. The summed E-state index contributed by atoms with van der Waals surface area (Å²) in [4.78, 5) is 0. The van der Waals surface area contributed by atoms with Crippen LogP contribution in [0.5, 0.6) is 0 Å². The van der Waals surface area contributed by atoms with Crippen LogP contribution in [0.2, 0.25) is 6.04 Å². The molecular formula is C10H22NOSi. The van der Waals surface area contributed by atoms with Gasteiger partial charge in [-0.05, 0) is 18.9 Å². The molecule has 2 N–H and O–H groups in total. The molecule has 3 heteroatoms. The molecule has 13 heavy (non-hydrogen) atoms. The van der Waals surface area contributed by atoms with Crippen LogP contribution >= 0.6 is 0 Å². The van der Waals surface area contributed by atoms with Gasteiger partial charge in [-0.15, -0.1) is 0 Å². The largest absolute Gasteiger partial charge is 0.415 e. The van der Waals surface area contributed by atoms with Crippen LogP contribution < -0.4 is 5.73 Å². The van der Waals surface area contributed by atoms with Gasteiger partial charge >= 0.3 is 0 Å². The molecule has 77 valence electrons. The fourth-order valence-corrected chi connectivity index (χ4v) is 4.00. The van der Waals surface area contributed by atoms with E-state index >= 15 is 0 Å². The first-order valence-corrected chi connectivity index (χ1v) is 7.28. The summed E-state index contributed by atoms with van der Waals surface area (Å²) in [6, 6.07) is 1.28. The van der Waals surface area contributed by atoms with Crippen LogP contribution in [0.1, 0.15) is 45.4 Å². The van der Waals surface area contributed by atoms with Gasteiger partial charge in [-0.25, -0.2) is 0 Å². The van der Waals surface area contributed by atoms with E-state index in [0.29, 0.717) is 5.67 Å². The molecule has 1 atom stereocenters. The Morgan fingerprint density at radius 1 is 1.38 bits per heavy atom. The molecule has 1 rings (SSSR count). The highest BCUT2D eigenvalue weighted by Gasteiger charge is 2.23. The zero-order valence-corrected chi connectivity index (χ0v) is 9.72. The first kappa shape index (κ1) is 11.2. The molecule has 0 aromatic heterocycles. The van der Waals surface area contributed by atoms with Crippen molar-refractivity contribution in [2.45, 2.75) is 57.2 Å². The third-order valence-electron chi connectivity index (χ3n) is 2.64. The van der Waals surface area contributed by atoms with E-state index in [2.05, 4.69) is 6.92 Å². The summed E-state index contributed by atoms with van der Waals surface area (Å²) in [5, 5.41) is 0. The molecular weight excluding hydrogens is 178 g/mol. The molecule has 0 aliphatic carbocycles. The normalized spacial score (nSPS) is 21.7. The summed E-state index contributed by atoms with van der Waals surface area (Å²) in [5.74, 6) is 0. The van der Waals surface area contributed by atoms with Gasteiger partial charge in [-0.1, -0.05) is 32.6 Å². The van der Waals surface area contributed by atoms with Gasteiger partial charge in [0.15, 0.2) is 0 Å². The number of hydrogen-bond donors (Lipinski definition) is 1. The Morgan fingerprint density at radius 2 is 2.23 bits per heavy atom. The molecule has 1 heterocycles. The molecule has 2 nitrogen and oxygen atoms in total. The minimum Gasteiger partial charge on any atom is -0.415 e. The molecule has 0 bridgehead atoms. The maximum Gasteiger partial charge on any atom is 0.228 e. The average molecular weight is 200 g/mol. The van der Waals surface area contributed by atoms with Crippen LogP contribution in [-0.2, 0) is 4.43 Å². The summed E-state index contributed by atoms with van der Waals surface area (Å²) in [6.45, 7) is 3.20. The smallest absolute Gasteiger partial charge is 0.228 e. The minimum absolute atomic E-state index is 0.386. The van der Waals surface area contributed by atoms with Crippen molar-refractivity contribution in [1.82, 2.24) is 0 Å². The first-order chi connectivity index (χ1) is 6.34. The Hall–Kier alpha value is 0.137. The standard InChI is InChI=1S/C10H22NOSi/c1-2-3-4-7-10(11)13-9-6-5-8-12-13/h10H,2-9,11H2,1H3. The van der Waals surface area contributed by atoms with E-state index in [1.165, 1.54) is 44.6 Å². The van der Waals surface area contributed by atoms with Crippen LogP contribution in [0.15, 0.2) is 0 Å². The van der Waals surface area contributed by atoms with Gasteiger partial charge < -0.3 is 10.2 Å². The predicted molar refractivity (Wildman–Crippen MR) is 57.9 cm³/mol. The lowest BCUT2D eigenvalue weighted by Gasteiger charge is -2.25. The van der Waals surface area contributed by atoms with Gasteiger partial charge in [-0.3, -0.25) is 0 Å². The average Bonchev–Trinajstić information content (AvgIpc) is 2.19. The van der Waals surface area contributed by atoms with E-state index in [0.717, 1.165) is 6.61 Å². The molecule has 0 saturated carbocycles. The van der Waals surface area contributed by atoms with E-state index in [1.54, 1.807) is 0 Å². The maximum absolute atomic E-state index is 6.11. The van der Waals surface area contributed by atoms with E-state index in [-0.39, 0.29) is 0 Å². The highest BCUT2D eigenvalue weighted by molar-refractivity contribution is 6.53. The van der Waals surface area contributed by atoms with Crippen LogP contribution in [-0.4, -0.2) is 21.3 Å². The predicted octanol–water partition coefficient (Wildman–Crippen LogP) is 2.24. The van der Waals surface area contributed by atoms with Gasteiger partial charge in [-0.2, -0.15) is 0 Å². The highest BCUT2D eigenvalue weighted by atomic mass is 28.3. The molecule has 0 aromatic carbocycles. The van der Waals surface area contributed by atoms with Crippen molar-refractivity contribution in [3.63, 3.8) is 0 Å². The van der Waals surface area contributed by atoms with Crippen molar-refractivity contribution in [1.29, 1.82) is 0 Å². The first-order valence-electron chi connectivity index (χ1n) is 5.58. The maximum atomic E-state index is 6.11. The third kappa shape index (κ3) is 4.25. The number of hydrogen-bond acceptors (Lipinski definition) is 2. The Kier molecular flexibility index (Phi) is 5.67. The zero-order valence-electron chi connectivity index (χ0n) is 8.72. The van der Waals surface area contributed by atoms with Crippen molar-refractivity contribution < 1.29 is 4.43 Å². The summed E-state index contributed by atoms with van der Waals surface area (Å²) >= 11 is 0. The lowest BCUT2D eigenvalue weighted by Crippen LogP contribution is -2.42. The van der Waals surface area contributed by atoms with Gasteiger partial charge in [0.05, 0.1) is 0 Å². The molecule has 1 aliphatic rings. The topological polar surface area (TPSA) is 35.2 Å². The van der Waals surface area contributed by atoms with E-state index in [9.17, 15) is 0 Å². The van der Waals surface area contributed by atoms with Crippen molar-refractivity contribution in [2.75, 3.05) is 6.61 Å².